The highest BCUT2D eigenvalue weighted by atomic mass is 19.4. The molecule has 1 rings (SSSR count). The molecule has 15 heavy (non-hydrogen) atoms. The predicted molar refractivity (Wildman–Crippen MR) is 53.8 cm³/mol. The molecule has 0 radical (unpaired) electrons. The summed E-state index contributed by atoms with van der Waals surface area (Å²) < 4.78 is 36.3. The molecule has 0 unspecified atom stereocenters. The van der Waals surface area contributed by atoms with Crippen molar-refractivity contribution in [3.05, 3.63) is 0 Å². The van der Waals surface area contributed by atoms with Gasteiger partial charge in [-0.1, -0.05) is 6.92 Å². The Kier molecular flexibility index (Phi) is 4.40. The normalized spacial score (nSPS) is 21.2. The summed E-state index contributed by atoms with van der Waals surface area (Å²) in [5.74, 6) is 0. The van der Waals surface area contributed by atoms with Gasteiger partial charge >= 0.3 is 6.18 Å². The maximum atomic E-state index is 12.1. The highest BCUT2D eigenvalue weighted by molar-refractivity contribution is 4.78. The van der Waals surface area contributed by atoms with Crippen molar-refractivity contribution in [1.82, 2.24) is 9.80 Å². The summed E-state index contributed by atoms with van der Waals surface area (Å²) >= 11 is 0. The third-order valence-corrected chi connectivity index (χ3v) is 3.08. The van der Waals surface area contributed by atoms with Crippen molar-refractivity contribution in [3.63, 3.8) is 0 Å². The number of piperidine rings is 1. The smallest absolute Gasteiger partial charge is 0.304 e. The standard InChI is InChI=1S/C10H19F3N2/c1-3-14(2)9-4-6-15(7-5-9)8-10(11,12)13/h9H,3-8H2,1-2H3. The van der Waals surface area contributed by atoms with Gasteiger partial charge in [-0.15, -0.1) is 0 Å². The van der Waals surface area contributed by atoms with Crippen molar-refractivity contribution in [1.29, 1.82) is 0 Å². The summed E-state index contributed by atoms with van der Waals surface area (Å²) in [7, 11) is 2.03. The molecule has 2 nitrogen and oxygen atoms in total. The molecule has 1 saturated heterocycles. The molecular weight excluding hydrogens is 205 g/mol. The third kappa shape index (κ3) is 4.38. The molecule has 0 aromatic heterocycles. The van der Waals surface area contributed by atoms with Crippen LogP contribution < -0.4 is 0 Å². The number of hydrogen-bond donors (Lipinski definition) is 0. The number of alkyl halides is 3. The summed E-state index contributed by atoms with van der Waals surface area (Å²) in [5.41, 5.74) is 0. The van der Waals surface area contributed by atoms with Gasteiger partial charge in [0.1, 0.15) is 0 Å². The van der Waals surface area contributed by atoms with Gasteiger partial charge in [0, 0.05) is 6.04 Å². The van der Waals surface area contributed by atoms with E-state index < -0.39 is 12.7 Å². The van der Waals surface area contributed by atoms with E-state index in [0.29, 0.717) is 19.1 Å². The minimum Gasteiger partial charge on any atom is -0.304 e. The second kappa shape index (κ2) is 5.16. The lowest BCUT2D eigenvalue weighted by Gasteiger charge is -2.36. The lowest BCUT2D eigenvalue weighted by Crippen LogP contribution is -2.46. The van der Waals surface area contributed by atoms with Gasteiger partial charge in [-0.05, 0) is 39.5 Å². The third-order valence-electron chi connectivity index (χ3n) is 3.08. The van der Waals surface area contributed by atoms with Gasteiger partial charge < -0.3 is 4.90 Å². The zero-order chi connectivity index (χ0) is 11.5. The molecule has 1 heterocycles. The Morgan fingerprint density at radius 1 is 1.27 bits per heavy atom. The Balaban J connectivity index is 2.30. The van der Waals surface area contributed by atoms with Crippen LogP contribution in [0.2, 0.25) is 0 Å². The maximum Gasteiger partial charge on any atom is 0.401 e. The molecule has 0 aliphatic carbocycles. The van der Waals surface area contributed by atoms with Gasteiger partial charge in [0.15, 0.2) is 0 Å². The van der Waals surface area contributed by atoms with Crippen LogP contribution in [-0.2, 0) is 0 Å². The highest BCUT2D eigenvalue weighted by Gasteiger charge is 2.32. The Morgan fingerprint density at radius 2 is 1.80 bits per heavy atom. The Morgan fingerprint density at radius 3 is 2.20 bits per heavy atom. The fourth-order valence-corrected chi connectivity index (χ4v) is 2.03. The van der Waals surface area contributed by atoms with Gasteiger partial charge in [0.25, 0.3) is 0 Å². The Bertz CT molecular complexity index is 186. The maximum absolute atomic E-state index is 12.1. The first-order chi connectivity index (χ1) is 6.92. The first-order valence-corrected chi connectivity index (χ1v) is 5.41. The second-order valence-corrected chi connectivity index (χ2v) is 4.20. The molecule has 0 spiro atoms. The fraction of sp³-hybridized carbons (Fsp3) is 1.00. The predicted octanol–water partition coefficient (Wildman–Crippen LogP) is 1.96. The van der Waals surface area contributed by atoms with Crippen molar-refractivity contribution in [2.75, 3.05) is 33.2 Å². The number of halogens is 3. The van der Waals surface area contributed by atoms with Crippen LogP contribution in [0.4, 0.5) is 13.2 Å². The van der Waals surface area contributed by atoms with Crippen molar-refractivity contribution >= 4 is 0 Å². The van der Waals surface area contributed by atoms with Crippen molar-refractivity contribution < 1.29 is 13.2 Å². The Labute approximate surface area is 89.0 Å². The Hall–Kier alpha value is -0.290. The minimum atomic E-state index is -4.05. The molecule has 1 aliphatic rings. The van der Waals surface area contributed by atoms with E-state index in [9.17, 15) is 13.2 Å². The number of likely N-dealkylation sites (tertiary alicyclic amines) is 1. The van der Waals surface area contributed by atoms with Gasteiger partial charge in [-0.2, -0.15) is 13.2 Å². The van der Waals surface area contributed by atoms with E-state index in [1.165, 1.54) is 4.90 Å². The average molecular weight is 224 g/mol. The largest absolute Gasteiger partial charge is 0.401 e. The summed E-state index contributed by atoms with van der Waals surface area (Å²) in [6, 6.07) is 0.458. The molecule has 0 N–H and O–H groups in total. The van der Waals surface area contributed by atoms with Crippen LogP contribution in [0.25, 0.3) is 0 Å². The summed E-state index contributed by atoms with van der Waals surface area (Å²) in [4.78, 5) is 3.71. The van der Waals surface area contributed by atoms with Crippen molar-refractivity contribution in [2.45, 2.75) is 32.0 Å². The molecule has 0 atom stereocenters. The topological polar surface area (TPSA) is 6.48 Å². The van der Waals surface area contributed by atoms with Crippen LogP contribution in [0.3, 0.4) is 0 Å². The van der Waals surface area contributed by atoms with E-state index in [0.717, 1.165) is 19.4 Å². The first-order valence-electron chi connectivity index (χ1n) is 5.41. The van der Waals surface area contributed by atoms with Crippen LogP contribution >= 0.6 is 0 Å². The average Bonchev–Trinajstić information content (AvgIpc) is 2.15. The molecule has 1 aliphatic heterocycles. The van der Waals surface area contributed by atoms with E-state index in [2.05, 4.69) is 11.8 Å². The van der Waals surface area contributed by atoms with Gasteiger partial charge in [0.05, 0.1) is 6.54 Å². The van der Waals surface area contributed by atoms with E-state index in [-0.39, 0.29) is 0 Å². The summed E-state index contributed by atoms with van der Waals surface area (Å²) in [6.45, 7) is 3.41. The van der Waals surface area contributed by atoms with E-state index >= 15 is 0 Å². The molecular formula is C10H19F3N2. The zero-order valence-corrected chi connectivity index (χ0v) is 9.35. The molecule has 0 bridgehead atoms. The molecule has 90 valence electrons. The monoisotopic (exact) mass is 224 g/mol. The molecule has 1 fully saturated rings. The number of rotatable bonds is 3. The molecule has 0 saturated carbocycles. The van der Waals surface area contributed by atoms with Crippen LogP contribution in [0.1, 0.15) is 19.8 Å². The SMILES string of the molecule is CCN(C)C1CCN(CC(F)(F)F)CC1. The highest BCUT2D eigenvalue weighted by Crippen LogP contribution is 2.21. The number of nitrogens with zero attached hydrogens (tertiary/aromatic N) is 2. The summed E-state index contributed by atoms with van der Waals surface area (Å²) in [6.07, 6.45) is -2.36. The van der Waals surface area contributed by atoms with E-state index in [1.54, 1.807) is 0 Å². The molecule has 5 heteroatoms. The molecule has 0 aromatic carbocycles. The van der Waals surface area contributed by atoms with Crippen LogP contribution in [0.5, 0.6) is 0 Å². The zero-order valence-electron chi connectivity index (χ0n) is 9.35. The number of hydrogen-bond acceptors (Lipinski definition) is 2. The lowest BCUT2D eigenvalue weighted by atomic mass is 10.0. The van der Waals surface area contributed by atoms with Gasteiger partial charge in [-0.3, -0.25) is 4.90 Å². The van der Waals surface area contributed by atoms with Gasteiger partial charge in [0.2, 0.25) is 0 Å². The van der Waals surface area contributed by atoms with Crippen LogP contribution in [0, 0.1) is 0 Å². The van der Waals surface area contributed by atoms with Crippen molar-refractivity contribution in [3.8, 4) is 0 Å². The first kappa shape index (κ1) is 12.8. The van der Waals surface area contributed by atoms with E-state index in [1.807, 2.05) is 7.05 Å². The molecule has 0 aromatic rings. The van der Waals surface area contributed by atoms with E-state index in [4.69, 9.17) is 0 Å². The second-order valence-electron chi connectivity index (χ2n) is 4.20. The fourth-order valence-electron chi connectivity index (χ4n) is 2.03. The minimum absolute atomic E-state index is 0.458. The quantitative estimate of drug-likeness (QED) is 0.723. The molecule has 0 amide bonds. The van der Waals surface area contributed by atoms with Crippen molar-refractivity contribution in [2.24, 2.45) is 0 Å². The van der Waals surface area contributed by atoms with Crippen LogP contribution in [-0.4, -0.2) is 55.2 Å². The van der Waals surface area contributed by atoms with Crippen LogP contribution in [0.15, 0.2) is 0 Å². The summed E-state index contributed by atoms with van der Waals surface area (Å²) in [5, 5.41) is 0. The lowest BCUT2D eigenvalue weighted by molar-refractivity contribution is -0.148. The van der Waals surface area contributed by atoms with Gasteiger partial charge in [-0.25, -0.2) is 0 Å².